The SMILES string of the molecule is Cc1nc2c(F)cc(-c3cc(Cc4ncc(CN5C[C@@H]6C(N)[C@@H]6C5)cn4)ncc3F)cc2n1C(C)C. The zero-order valence-electron chi connectivity index (χ0n) is 20.6. The summed E-state index contributed by atoms with van der Waals surface area (Å²) in [6.45, 7) is 8.77. The fraction of sp³-hybridized carbons (Fsp3) is 0.407. The van der Waals surface area contributed by atoms with Gasteiger partial charge in [-0.25, -0.2) is 23.7 Å². The number of fused-ring (bicyclic) bond motifs is 2. The predicted octanol–water partition coefficient (Wildman–Crippen LogP) is 4.04. The Morgan fingerprint density at radius 2 is 1.72 bits per heavy atom. The van der Waals surface area contributed by atoms with E-state index in [-0.39, 0.29) is 11.6 Å². The number of hydrogen-bond acceptors (Lipinski definition) is 6. The first-order valence-corrected chi connectivity index (χ1v) is 12.4. The zero-order valence-corrected chi connectivity index (χ0v) is 20.6. The molecule has 1 saturated carbocycles. The molecule has 2 N–H and O–H groups in total. The molecule has 4 heterocycles. The van der Waals surface area contributed by atoms with Gasteiger partial charge in [-0.15, -0.1) is 0 Å². The minimum atomic E-state index is -0.510. The van der Waals surface area contributed by atoms with Crippen LogP contribution in [-0.2, 0) is 13.0 Å². The highest BCUT2D eigenvalue weighted by Gasteiger charge is 2.53. The Morgan fingerprint density at radius 1 is 1.00 bits per heavy atom. The van der Waals surface area contributed by atoms with Crippen molar-refractivity contribution in [2.24, 2.45) is 17.6 Å². The van der Waals surface area contributed by atoms with Gasteiger partial charge in [-0.3, -0.25) is 9.88 Å². The van der Waals surface area contributed by atoms with Gasteiger partial charge in [-0.05, 0) is 56.4 Å². The van der Waals surface area contributed by atoms with Crippen molar-refractivity contribution in [3.8, 4) is 11.1 Å². The third-order valence-corrected chi connectivity index (χ3v) is 7.50. The van der Waals surface area contributed by atoms with Crippen molar-refractivity contribution < 1.29 is 8.78 Å². The predicted molar refractivity (Wildman–Crippen MR) is 133 cm³/mol. The Morgan fingerprint density at radius 3 is 2.42 bits per heavy atom. The number of nitrogens with two attached hydrogens (primary N) is 1. The highest BCUT2D eigenvalue weighted by atomic mass is 19.1. The number of pyridine rings is 1. The summed E-state index contributed by atoms with van der Waals surface area (Å²) in [4.78, 5) is 20.0. The molecule has 4 aromatic rings. The summed E-state index contributed by atoms with van der Waals surface area (Å²) >= 11 is 0. The number of aryl methyl sites for hydroxylation is 1. The van der Waals surface area contributed by atoms with Crippen LogP contribution in [0.25, 0.3) is 22.2 Å². The Labute approximate surface area is 208 Å². The summed E-state index contributed by atoms with van der Waals surface area (Å²) in [6, 6.07) is 5.25. The minimum absolute atomic E-state index is 0.0938. The second-order valence-corrected chi connectivity index (χ2v) is 10.4. The number of imidazole rings is 1. The lowest BCUT2D eigenvalue weighted by atomic mass is 10.0. The van der Waals surface area contributed by atoms with Crippen molar-refractivity contribution >= 4 is 11.0 Å². The second kappa shape index (κ2) is 8.67. The number of piperidine rings is 1. The molecule has 9 heteroatoms. The van der Waals surface area contributed by atoms with Gasteiger partial charge in [0.2, 0.25) is 0 Å². The zero-order chi connectivity index (χ0) is 25.1. The molecule has 36 heavy (non-hydrogen) atoms. The van der Waals surface area contributed by atoms with Crippen LogP contribution in [0.4, 0.5) is 8.78 Å². The van der Waals surface area contributed by atoms with E-state index in [2.05, 4.69) is 24.8 Å². The van der Waals surface area contributed by atoms with Crippen LogP contribution in [0.5, 0.6) is 0 Å². The van der Waals surface area contributed by atoms with Gasteiger partial charge in [0.15, 0.2) is 5.82 Å². The third kappa shape index (κ3) is 4.06. The summed E-state index contributed by atoms with van der Waals surface area (Å²) in [5.41, 5.74) is 9.37. The monoisotopic (exact) mass is 489 g/mol. The largest absolute Gasteiger partial charge is 0.327 e. The van der Waals surface area contributed by atoms with E-state index in [0.717, 1.165) is 31.0 Å². The molecule has 1 aliphatic heterocycles. The maximum absolute atomic E-state index is 15.0. The van der Waals surface area contributed by atoms with Crippen LogP contribution in [0.15, 0.2) is 36.8 Å². The summed E-state index contributed by atoms with van der Waals surface area (Å²) < 4.78 is 31.7. The van der Waals surface area contributed by atoms with E-state index in [4.69, 9.17) is 5.73 Å². The van der Waals surface area contributed by atoms with Gasteiger partial charge >= 0.3 is 0 Å². The van der Waals surface area contributed by atoms with Crippen LogP contribution in [0.3, 0.4) is 0 Å². The van der Waals surface area contributed by atoms with Gasteiger partial charge < -0.3 is 10.3 Å². The van der Waals surface area contributed by atoms with Crippen LogP contribution in [0.2, 0.25) is 0 Å². The van der Waals surface area contributed by atoms with Gasteiger partial charge in [0, 0.05) is 60.9 Å². The van der Waals surface area contributed by atoms with Crippen LogP contribution in [0.1, 0.15) is 42.8 Å². The van der Waals surface area contributed by atoms with Crippen molar-refractivity contribution in [3.05, 3.63) is 71.3 Å². The van der Waals surface area contributed by atoms with Gasteiger partial charge in [0.05, 0.1) is 18.1 Å². The quantitative estimate of drug-likeness (QED) is 0.440. The summed E-state index contributed by atoms with van der Waals surface area (Å²) in [7, 11) is 0. The van der Waals surface area contributed by atoms with Crippen molar-refractivity contribution in [2.75, 3.05) is 13.1 Å². The van der Waals surface area contributed by atoms with E-state index >= 15 is 0 Å². The molecule has 0 spiro atoms. The lowest BCUT2D eigenvalue weighted by molar-refractivity contribution is 0.289. The first-order chi connectivity index (χ1) is 17.3. The molecular formula is C27H29F2N7. The summed E-state index contributed by atoms with van der Waals surface area (Å²) in [6.07, 6.45) is 5.21. The van der Waals surface area contributed by atoms with E-state index < -0.39 is 11.6 Å². The van der Waals surface area contributed by atoms with Gasteiger partial charge in [-0.1, -0.05) is 0 Å². The molecule has 0 radical (unpaired) electrons. The third-order valence-electron chi connectivity index (χ3n) is 7.50. The van der Waals surface area contributed by atoms with Crippen LogP contribution in [-0.4, -0.2) is 48.5 Å². The van der Waals surface area contributed by atoms with Crippen molar-refractivity contribution in [1.82, 2.24) is 29.4 Å². The second-order valence-electron chi connectivity index (χ2n) is 10.4. The summed E-state index contributed by atoms with van der Waals surface area (Å²) in [5.74, 6) is 1.63. The molecule has 2 fully saturated rings. The number of halogens is 2. The van der Waals surface area contributed by atoms with Crippen molar-refractivity contribution in [1.29, 1.82) is 0 Å². The standard InChI is InChI=1S/C27H29F2N7/c1-14(2)36-15(3)34-27-22(28)4-17(5-24(27)36)19-6-18(31-10-23(19)29)7-25-32-8-16(9-33-25)11-35-12-20-21(13-35)26(20)30/h4-6,8-10,14,20-21,26H,7,11-13,30H2,1-3H3/t20-,21+,26?. The van der Waals surface area contributed by atoms with Crippen LogP contribution in [0, 0.1) is 30.4 Å². The number of aromatic nitrogens is 5. The molecule has 1 aromatic carbocycles. The fourth-order valence-electron chi connectivity index (χ4n) is 5.64. The number of rotatable bonds is 6. The van der Waals surface area contributed by atoms with E-state index in [0.29, 0.717) is 52.4 Å². The Balaban J connectivity index is 1.23. The highest BCUT2D eigenvalue weighted by molar-refractivity contribution is 5.83. The molecular weight excluding hydrogens is 460 g/mol. The van der Waals surface area contributed by atoms with E-state index in [1.807, 2.05) is 37.7 Å². The molecule has 0 amide bonds. The molecule has 7 nitrogen and oxygen atoms in total. The normalized spacial score (nSPS) is 21.5. The average Bonchev–Trinajstić information content (AvgIpc) is 3.15. The smallest absolute Gasteiger partial charge is 0.151 e. The maximum atomic E-state index is 15.0. The maximum Gasteiger partial charge on any atom is 0.151 e. The molecule has 0 bridgehead atoms. The number of benzene rings is 1. The van der Waals surface area contributed by atoms with Crippen molar-refractivity contribution in [3.63, 3.8) is 0 Å². The fourth-order valence-corrected chi connectivity index (χ4v) is 5.64. The molecule has 1 aliphatic carbocycles. The molecule has 1 unspecified atom stereocenters. The average molecular weight is 490 g/mol. The first kappa shape index (κ1) is 23.1. The van der Waals surface area contributed by atoms with E-state index in [1.54, 1.807) is 12.1 Å². The Hall–Kier alpha value is -3.30. The highest BCUT2D eigenvalue weighted by Crippen LogP contribution is 2.44. The summed E-state index contributed by atoms with van der Waals surface area (Å²) in [5, 5.41) is 0. The lowest BCUT2D eigenvalue weighted by Crippen LogP contribution is -2.27. The number of hydrogen-bond donors (Lipinski definition) is 1. The first-order valence-electron chi connectivity index (χ1n) is 12.4. The molecule has 186 valence electrons. The molecule has 3 aromatic heterocycles. The van der Waals surface area contributed by atoms with Gasteiger partial charge in [-0.2, -0.15) is 0 Å². The van der Waals surface area contributed by atoms with E-state index in [1.165, 1.54) is 12.3 Å². The topological polar surface area (TPSA) is 85.8 Å². The number of nitrogens with zero attached hydrogens (tertiary/aromatic N) is 6. The Bertz CT molecular complexity index is 1440. The lowest BCUT2D eigenvalue weighted by Gasteiger charge is -2.18. The number of likely N-dealkylation sites (tertiary alicyclic amines) is 1. The Kier molecular flexibility index (Phi) is 5.57. The van der Waals surface area contributed by atoms with Crippen LogP contribution >= 0.6 is 0 Å². The molecule has 1 saturated heterocycles. The minimum Gasteiger partial charge on any atom is -0.327 e. The van der Waals surface area contributed by atoms with Gasteiger partial charge in [0.1, 0.15) is 23.0 Å². The van der Waals surface area contributed by atoms with Crippen LogP contribution < -0.4 is 5.73 Å². The molecule has 2 aliphatic rings. The molecule has 6 rings (SSSR count). The van der Waals surface area contributed by atoms with Gasteiger partial charge in [0.25, 0.3) is 0 Å². The van der Waals surface area contributed by atoms with E-state index in [9.17, 15) is 8.78 Å². The van der Waals surface area contributed by atoms with Crippen molar-refractivity contribution in [2.45, 2.75) is 45.8 Å². The molecule has 3 atom stereocenters.